The first-order valence-corrected chi connectivity index (χ1v) is 13.8. The van der Waals surface area contributed by atoms with Gasteiger partial charge < -0.3 is 9.88 Å². The SMILES string of the molecule is CCC(CCNC(C)(C)CC)C1=CCC(n2c(C(C)CC)nc(=O)c3c(Br)cccc32)C(C)=C1. The van der Waals surface area contributed by atoms with Crippen LogP contribution in [-0.2, 0) is 0 Å². The zero-order valence-electron chi connectivity index (χ0n) is 22.0. The fraction of sp³-hybridized carbons (Fsp3) is 0.586. The minimum absolute atomic E-state index is 0.142. The van der Waals surface area contributed by atoms with E-state index in [9.17, 15) is 4.79 Å². The van der Waals surface area contributed by atoms with E-state index in [0.29, 0.717) is 11.3 Å². The Hall–Kier alpha value is -1.72. The summed E-state index contributed by atoms with van der Waals surface area (Å²) >= 11 is 3.59. The number of hydrogen-bond donors (Lipinski definition) is 1. The highest BCUT2D eigenvalue weighted by Crippen LogP contribution is 2.37. The smallest absolute Gasteiger partial charge is 0.281 e. The van der Waals surface area contributed by atoms with Crippen LogP contribution in [0, 0.1) is 5.92 Å². The third kappa shape index (κ3) is 5.73. The van der Waals surface area contributed by atoms with Gasteiger partial charge in [0.2, 0.25) is 0 Å². The Labute approximate surface area is 214 Å². The second-order valence-electron chi connectivity index (χ2n) is 10.5. The van der Waals surface area contributed by atoms with Gasteiger partial charge in [0.15, 0.2) is 0 Å². The summed E-state index contributed by atoms with van der Waals surface area (Å²) in [6, 6.07) is 6.19. The highest BCUT2D eigenvalue weighted by molar-refractivity contribution is 9.10. The molecule has 0 fully saturated rings. The summed E-state index contributed by atoms with van der Waals surface area (Å²) in [6.07, 6.45) is 10.1. The molecule has 0 aliphatic heterocycles. The van der Waals surface area contributed by atoms with E-state index in [2.05, 4.69) is 97.5 Å². The molecule has 0 spiro atoms. The molecule has 0 saturated heterocycles. The number of halogens is 1. The van der Waals surface area contributed by atoms with Crippen molar-refractivity contribution in [1.82, 2.24) is 14.9 Å². The van der Waals surface area contributed by atoms with Crippen molar-refractivity contribution < 1.29 is 0 Å². The predicted octanol–water partition coefficient (Wildman–Crippen LogP) is 7.68. The Bertz CT molecular complexity index is 1130. The number of hydrogen-bond acceptors (Lipinski definition) is 3. The Morgan fingerprint density at radius 2 is 1.97 bits per heavy atom. The molecule has 4 nitrogen and oxygen atoms in total. The summed E-state index contributed by atoms with van der Waals surface area (Å²) in [7, 11) is 0. The highest BCUT2D eigenvalue weighted by Gasteiger charge is 2.26. The minimum Gasteiger partial charge on any atom is -0.321 e. The van der Waals surface area contributed by atoms with E-state index < -0.39 is 0 Å². The molecule has 0 radical (unpaired) electrons. The van der Waals surface area contributed by atoms with Crippen LogP contribution in [-0.4, -0.2) is 21.6 Å². The molecule has 3 atom stereocenters. The maximum Gasteiger partial charge on any atom is 0.281 e. The second kappa shape index (κ2) is 11.3. The molecule has 3 unspecified atom stereocenters. The number of benzene rings is 1. The van der Waals surface area contributed by atoms with Gasteiger partial charge in [0.05, 0.1) is 16.9 Å². The maximum atomic E-state index is 12.9. The lowest BCUT2D eigenvalue weighted by Gasteiger charge is -2.32. The van der Waals surface area contributed by atoms with Crippen molar-refractivity contribution in [3.05, 3.63) is 62.1 Å². The number of allylic oxidation sites excluding steroid dienone is 4. The van der Waals surface area contributed by atoms with Gasteiger partial charge in [-0.25, -0.2) is 0 Å². The molecule has 1 aromatic heterocycles. The number of rotatable bonds is 10. The van der Waals surface area contributed by atoms with E-state index in [0.717, 1.165) is 54.5 Å². The van der Waals surface area contributed by atoms with E-state index >= 15 is 0 Å². The zero-order chi connectivity index (χ0) is 25.0. The van der Waals surface area contributed by atoms with Gasteiger partial charge >= 0.3 is 0 Å². The van der Waals surface area contributed by atoms with Gasteiger partial charge in [-0.05, 0) is 105 Å². The molecular formula is C29H42BrN3O. The van der Waals surface area contributed by atoms with E-state index in [1.807, 2.05) is 12.1 Å². The quantitative estimate of drug-likeness (QED) is 0.344. The minimum atomic E-state index is -0.142. The second-order valence-corrected chi connectivity index (χ2v) is 11.3. The number of nitrogens with zero attached hydrogens (tertiary/aromatic N) is 2. The topological polar surface area (TPSA) is 46.9 Å². The normalized spacial score (nSPS) is 18.5. The monoisotopic (exact) mass is 527 g/mol. The molecule has 3 rings (SSSR count). The first-order chi connectivity index (χ1) is 16.1. The van der Waals surface area contributed by atoms with Crippen molar-refractivity contribution in [1.29, 1.82) is 0 Å². The summed E-state index contributed by atoms with van der Waals surface area (Å²) in [5.74, 6) is 1.67. The largest absolute Gasteiger partial charge is 0.321 e. The summed E-state index contributed by atoms with van der Waals surface area (Å²) in [5, 5.41) is 4.40. The molecule has 1 aliphatic carbocycles. The molecule has 0 amide bonds. The Morgan fingerprint density at radius 1 is 1.24 bits per heavy atom. The van der Waals surface area contributed by atoms with Crippen LogP contribution in [0.4, 0.5) is 0 Å². The van der Waals surface area contributed by atoms with Crippen LogP contribution in [0.25, 0.3) is 10.9 Å². The third-order valence-electron chi connectivity index (χ3n) is 7.73. The van der Waals surface area contributed by atoms with Crippen LogP contribution in [0.1, 0.15) is 98.4 Å². The van der Waals surface area contributed by atoms with E-state index in [1.165, 1.54) is 11.1 Å². The first kappa shape index (κ1) is 26.9. The predicted molar refractivity (Wildman–Crippen MR) is 149 cm³/mol. The molecule has 1 heterocycles. The Morgan fingerprint density at radius 3 is 2.59 bits per heavy atom. The molecule has 1 N–H and O–H groups in total. The van der Waals surface area contributed by atoms with Gasteiger partial charge in [-0.2, -0.15) is 4.98 Å². The zero-order valence-corrected chi connectivity index (χ0v) is 23.6. The highest BCUT2D eigenvalue weighted by atomic mass is 79.9. The molecular weight excluding hydrogens is 486 g/mol. The molecule has 34 heavy (non-hydrogen) atoms. The van der Waals surface area contributed by atoms with Gasteiger partial charge in [-0.1, -0.05) is 45.9 Å². The van der Waals surface area contributed by atoms with Crippen LogP contribution >= 0.6 is 15.9 Å². The summed E-state index contributed by atoms with van der Waals surface area (Å²) in [5.41, 5.74) is 3.81. The summed E-state index contributed by atoms with van der Waals surface area (Å²) in [6.45, 7) is 16.7. The van der Waals surface area contributed by atoms with Crippen LogP contribution in [0.15, 0.2) is 50.8 Å². The summed E-state index contributed by atoms with van der Waals surface area (Å²) < 4.78 is 3.15. The lowest BCUT2D eigenvalue weighted by molar-refractivity contribution is 0.359. The van der Waals surface area contributed by atoms with Crippen LogP contribution < -0.4 is 10.9 Å². The first-order valence-electron chi connectivity index (χ1n) is 13.0. The van der Waals surface area contributed by atoms with Crippen molar-refractivity contribution in [3.8, 4) is 0 Å². The van der Waals surface area contributed by atoms with Crippen LogP contribution in [0.2, 0.25) is 0 Å². The van der Waals surface area contributed by atoms with Gasteiger partial charge in [0, 0.05) is 15.9 Å². The van der Waals surface area contributed by atoms with Crippen molar-refractivity contribution >= 4 is 26.8 Å². The fourth-order valence-corrected chi connectivity index (χ4v) is 5.41. The molecule has 186 valence electrons. The number of fused-ring (bicyclic) bond motifs is 1. The molecule has 0 saturated carbocycles. The lowest BCUT2D eigenvalue weighted by Crippen LogP contribution is -2.39. The molecule has 2 aromatic rings. The lowest BCUT2D eigenvalue weighted by atomic mass is 9.85. The standard InChI is InChI=1S/C29H42BrN3O/c1-8-19(4)27-32-28(34)26-23(30)12-11-13-25(26)33(27)24-15-14-22(18-20(24)5)21(9-2)16-17-31-29(6,7)10-3/h11-14,18-19,21,24,31H,8-10,15-17H2,1-7H3. The maximum absolute atomic E-state index is 12.9. The van der Waals surface area contributed by atoms with Gasteiger partial charge in [0.1, 0.15) is 5.82 Å². The molecule has 0 bridgehead atoms. The number of aromatic nitrogens is 2. The average molecular weight is 529 g/mol. The summed E-state index contributed by atoms with van der Waals surface area (Å²) in [4.78, 5) is 17.5. The Kier molecular flexibility index (Phi) is 8.97. The van der Waals surface area contributed by atoms with E-state index in [-0.39, 0.29) is 23.1 Å². The van der Waals surface area contributed by atoms with Crippen molar-refractivity contribution in [2.24, 2.45) is 5.92 Å². The third-order valence-corrected chi connectivity index (χ3v) is 8.39. The van der Waals surface area contributed by atoms with Crippen LogP contribution in [0.3, 0.4) is 0 Å². The fourth-order valence-electron chi connectivity index (χ4n) is 4.88. The van der Waals surface area contributed by atoms with E-state index in [4.69, 9.17) is 0 Å². The molecule has 1 aromatic carbocycles. The van der Waals surface area contributed by atoms with E-state index in [1.54, 1.807) is 0 Å². The molecule has 1 aliphatic rings. The van der Waals surface area contributed by atoms with Crippen LogP contribution in [0.5, 0.6) is 0 Å². The van der Waals surface area contributed by atoms with Gasteiger partial charge in [-0.3, -0.25) is 4.79 Å². The van der Waals surface area contributed by atoms with Crippen molar-refractivity contribution in [3.63, 3.8) is 0 Å². The van der Waals surface area contributed by atoms with Crippen molar-refractivity contribution in [2.75, 3.05) is 6.54 Å². The number of nitrogens with one attached hydrogen (secondary N) is 1. The Balaban J connectivity index is 1.95. The van der Waals surface area contributed by atoms with Gasteiger partial charge in [-0.15, -0.1) is 0 Å². The average Bonchev–Trinajstić information content (AvgIpc) is 2.81. The molecule has 5 heteroatoms. The van der Waals surface area contributed by atoms with Crippen molar-refractivity contribution in [2.45, 2.75) is 98.1 Å². The van der Waals surface area contributed by atoms with Gasteiger partial charge in [0.25, 0.3) is 5.56 Å².